The maximum Gasteiger partial charge on any atom is 0.239 e. The van der Waals surface area contributed by atoms with Crippen molar-refractivity contribution in [2.45, 2.75) is 25.9 Å². The Morgan fingerprint density at radius 1 is 1.19 bits per heavy atom. The average molecular weight is 397 g/mol. The largest absolute Gasteiger partial charge is 0.379 e. The predicted molar refractivity (Wildman–Crippen MR) is 105 cm³/mol. The van der Waals surface area contributed by atoms with E-state index >= 15 is 0 Å². The molecule has 2 atom stereocenters. The standard InChI is InChI=1S/C19H29ClN4O3/c1-13(2)18(21)19(26)23-12-17(25)22-11-16(24-7-9-27-10-8-24)14-3-5-15(20)6-4-14/h3-6,13,16,18H,7-12,21H2,1-2H3,(H,22,25)(H,23,26)/t16?,18-/m0/s1. The van der Waals surface area contributed by atoms with Crippen molar-refractivity contribution in [2.24, 2.45) is 11.7 Å². The summed E-state index contributed by atoms with van der Waals surface area (Å²) in [6.45, 7) is 7.00. The van der Waals surface area contributed by atoms with Crippen molar-refractivity contribution >= 4 is 23.4 Å². The van der Waals surface area contributed by atoms with Crippen molar-refractivity contribution in [1.29, 1.82) is 0 Å². The topological polar surface area (TPSA) is 96.7 Å². The quantitative estimate of drug-likeness (QED) is 0.607. The Kier molecular flexibility index (Phi) is 8.50. The lowest BCUT2D eigenvalue weighted by Gasteiger charge is -2.35. The molecule has 2 amide bonds. The molecular weight excluding hydrogens is 368 g/mol. The Morgan fingerprint density at radius 3 is 2.41 bits per heavy atom. The highest BCUT2D eigenvalue weighted by Gasteiger charge is 2.23. The zero-order valence-corrected chi connectivity index (χ0v) is 16.7. The van der Waals surface area contributed by atoms with Crippen molar-refractivity contribution < 1.29 is 14.3 Å². The van der Waals surface area contributed by atoms with Gasteiger partial charge in [-0.25, -0.2) is 0 Å². The lowest BCUT2D eigenvalue weighted by atomic mass is 10.0. The van der Waals surface area contributed by atoms with Gasteiger partial charge in [-0.05, 0) is 23.6 Å². The van der Waals surface area contributed by atoms with Crippen molar-refractivity contribution in [2.75, 3.05) is 39.4 Å². The SMILES string of the molecule is CC(C)[C@H](N)C(=O)NCC(=O)NCC(c1ccc(Cl)cc1)N1CCOCC1. The van der Waals surface area contributed by atoms with Crippen LogP contribution in [0.5, 0.6) is 0 Å². The first-order valence-corrected chi connectivity index (χ1v) is 9.63. The second-order valence-electron chi connectivity index (χ2n) is 7.01. The number of hydrogen-bond acceptors (Lipinski definition) is 5. The summed E-state index contributed by atoms with van der Waals surface area (Å²) in [6, 6.07) is 7.03. The van der Waals surface area contributed by atoms with Crippen LogP contribution < -0.4 is 16.4 Å². The zero-order valence-electron chi connectivity index (χ0n) is 15.9. The van der Waals surface area contributed by atoms with Crippen LogP contribution in [0.2, 0.25) is 5.02 Å². The van der Waals surface area contributed by atoms with Crippen LogP contribution >= 0.6 is 11.6 Å². The number of carbonyl (C=O) groups excluding carboxylic acids is 2. The maximum absolute atomic E-state index is 12.2. The van der Waals surface area contributed by atoms with Gasteiger partial charge in [-0.2, -0.15) is 0 Å². The molecule has 7 nitrogen and oxygen atoms in total. The lowest BCUT2D eigenvalue weighted by molar-refractivity contribution is -0.127. The molecule has 2 rings (SSSR count). The molecule has 0 saturated carbocycles. The molecule has 0 aliphatic carbocycles. The van der Waals surface area contributed by atoms with E-state index in [1.807, 2.05) is 38.1 Å². The van der Waals surface area contributed by atoms with E-state index in [4.69, 9.17) is 22.1 Å². The van der Waals surface area contributed by atoms with Gasteiger partial charge >= 0.3 is 0 Å². The number of nitrogens with one attached hydrogen (secondary N) is 2. The van der Waals surface area contributed by atoms with Gasteiger partial charge in [0.25, 0.3) is 0 Å². The van der Waals surface area contributed by atoms with E-state index in [0.717, 1.165) is 18.7 Å². The molecule has 27 heavy (non-hydrogen) atoms. The van der Waals surface area contributed by atoms with Crippen molar-refractivity contribution in [3.05, 3.63) is 34.9 Å². The summed E-state index contributed by atoms with van der Waals surface area (Å²) >= 11 is 5.99. The Bertz CT molecular complexity index is 618. The summed E-state index contributed by atoms with van der Waals surface area (Å²) in [4.78, 5) is 26.3. The van der Waals surface area contributed by atoms with Crippen molar-refractivity contribution in [3.63, 3.8) is 0 Å². The smallest absolute Gasteiger partial charge is 0.239 e. The molecule has 4 N–H and O–H groups in total. The Morgan fingerprint density at radius 2 is 1.81 bits per heavy atom. The monoisotopic (exact) mass is 396 g/mol. The maximum atomic E-state index is 12.2. The number of nitrogens with two attached hydrogens (primary N) is 1. The predicted octanol–water partition coefficient (Wildman–Crippen LogP) is 0.929. The molecule has 0 aromatic heterocycles. The summed E-state index contributed by atoms with van der Waals surface area (Å²) < 4.78 is 5.43. The molecule has 1 saturated heterocycles. The number of carbonyl (C=O) groups is 2. The Balaban J connectivity index is 1.92. The van der Waals surface area contributed by atoms with Crippen LogP contribution in [-0.4, -0.2) is 62.1 Å². The van der Waals surface area contributed by atoms with Crippen LogP contribution in [-0.2, 0) is 14.3 Å². The van der Waals surface area contributed by atoms with Gasteiger partial charge in [0.2, 0.25) is 11.8 Å². The van der Waals surface area contributed by atoms with Crippen LogP contribution in [0.3, 0.4) is 0 Å². The summed E-state index contributed by atoms with van der Waals surface area (Å²) in [5.74, 6) is -0.544. The minimum absolute atomic E-state index is 0.0173. The summed E-state index contributed by atoms with van der Waals surface area (Å²) in [5.41, 5.74) is 6.86. The van der Waals surface area contributed by atoms with Gasteiger partial charge < -0.3 is 21.1 Å². The summed E-state index contributed by atoms with van der Waals surface area (Å²) in [6.07, 6.45) is 0. The molecule has 150 valence electrons. The van der Waals surface area contributed by atoms with Crippen LogP contribution in [0.4, 0.5) is 0 Å². The second-order valence-corrected chi connectivity index (χ2v) is 7.44. The average Bonchev–Trinajstić information content (AvgIpc) is 2.67. The van der Waals surface area contributed by atoms with Crippen LogP contribution in [0.15, 0.2) is 24.3 Å². The Labute approximate surface area is 165 Å². The third-order valence-electron chi connectivity index (χ3n) is 4.68. The fraction of sp³-hybridized carbons (Fsp3) is 0.579. The molecule has 8 heteroatoms. The number of ether oxygens (including phenoxy) is 1. The molecule has 0 radical (unpaired) electrons. The molecule has 1 aliphatic rings. The van der Waals surface area contributed by atoms with Gasteiger partial charge in [0.05, 0.1) is 31.8 Å². The van der Waals surface area contributed by atoms with Crippen LogP contribution in [0, 0.1) is 5.92 Å². The molecule has 0 spiro atoms. The van der Waals surface area contributed by atoms with E-state index < -0.39 is 6.04 Å². The number of benzene rings is 1. The molecule has 1 aromatic carbocycles. The lowest BCUT2D eigenvalue weighted by Crippen LogP contribution is -2.48. The van der Waals surface area contributed by atoms with Gasteiger partial charge in [0.15, 0.2) is 0 Å². The fourth-order valence-electron chi connectivity index (χ4n) is 2.89. The number of nitrogens with zero attached hydrogens (tertiary/aromatic N) is 1. The normalized spacial score (nSPS) is 17.4. The summed E-state index contributed by atoms with van der Waals surface area (Å²) in [5, 5.41) is 6.17. The highest BCUT2D eigenvalue weighted by Crippen LogP contribution is 2.23. The summed E-state index contributed by atoms with van der Waals surface area (Å²) in [7, 11) is 0. The van der Waals surface area contributed by atoms with Crippen molar-refractivity contribution in [3.8, 4) is 0 Å². The molecular formula is C19H29ClN4O3. The minimum Gasteiger partial charge on any atom is -0.379 e. The molecule has 1 aliphatic heterocycles. The van der Waals surface area contributed by atoms with Crippen LogP contribution in [0.1, 0.15) is 25.5 Å². The van der Waals surface area contributed by atoms with E-state index in [1.54, 1.807) is 0 Å². The van der Waals surface area contributed by atoms with E-state index in [2.05, 4.69) is 15.5 Å². The van der Waals surface area contributed by atoms with Crippen LogP contribution in [0.25, 0.3) is 0 Å². The highest BCUT2D eigenvalue weighted by molar-refractivity contribution is 6.30. The van der Waals surface area contributed by atoms with Gasteiger partial charge in [-0.3, -0.25) is 14.5 Å². The van der Waals surface area contributed by atoms with E-state index in [9.17, 15) is 9.59 Å². The minimum atomic E-state index is -0.618. The van der Waals surface area contributed by atoms with Crippen molar-refractivity contribution in [1.82, 2.24) is 15.5 Å². The van der Waals surface area contributed by atoms with E-state index in [-0.39, 0.29) is 30.3 Å². The zero-order chi connectivity index (χ0) is 19.8. The third kappa shape index (κ3) is 6.77. The first-order chi connectivity index (χ1) is 12.9. The van der Waals surface area contributed by atoms with Gasteiger partial charge in [-0.1, -0.05) is 37.6 Å². The second kappa shape index (κ2) is 10.6. The van der Waals surface area contributed by atoms with E-state index in [0.29, 0.717) is 24.8 Å². The first-order valence-electron chi connectivity index (χ1n) is 9.25. The molecule has 1 fully saturated rings. The molecule has 0 bridgehead atoms. The number of halogens is 1. The number of rotatable bonds is 8. The molecule has 1 unspecified atom stereocenters. The van der Waals surface area contributed by atoms with Gasteiger partial charge in [-0.15, -0.1) is 0 Å². The number of hydrogen-bond donors (Lipinski definition) is 3. The highest BCUT2D eigenvalue weighted by atomic mass is 35.5. The fourth-order valence-corrected chi connectivity index (χ4v) is 3.02. The van der Waals surface area contributed by atoms with E-state index in [1.165, 1.54) is 0 Å². The third-order valence-corrected chi connectivity index (χ3v) is 4.93. The number of amides is 2. The first kappa shape index (κ1) is 21.6. The Hall–Kier alpha value is -1.67. The van der Waals surface area contributed by atoms with Gasteiger partial charge in [0.1, 0.15) is 0 Å². The molecule has 1 heterocycles. The molecule has 1 aromatic rings. The number of morpholine rings is 1. The van der Waals surface area contributed by atoms with Gasteiger partial charge in [0, 0.05) is 24.7 Å².